The second kappa shape index (κ2) is 3.40. The molecule has 1 aliphatic rings. The van der Waals surface area contributed by atoms with Gasteiger partial charge in [-0.15, -0.1) is 0 Å². The standard InChI is InChI=1S/C8H10F3NO/c1-5(8(9,10)11)4-7(13)12-6-2-3-6/h4,6H,2-3H2,1H3,(H,12,13)/b5-4+. The van der Waals surface area contributed by atoms with Gasteiger partial charge in [0.15, 0.2) is 0 Å². The average molecular weight is 193 g/mol. The highest BCUT2D eigenvalue weighted by atomic mass is 19.4. The van der Waals surface area contributed by atoms with Crippen molar-refractivity contribution in [3.05, 3.63) is 11.6 Å². The van der Waals surface area contributed by atoms with Crippen molar-refractivity contribution in [3.63, 3.8) is 0 Å². The molecular weight excluding hydrogens is 183 g/mol. The minimum atomic E-state index is -4.40. The van der Waals surface area contributed by atoms with Crippen LogP contribution < -0.4 is 5.32 Å². The molecule has 0 aromatic heterocycles. The molecule has 0 radical (unpaired) electrons. The maximum atomic E-state index is 11.9. The lowest BCUT2D eigenvalue weighted by atomic mass is 10.2. The molecule has 0 spiro atoms. The van der Waals surface area contributed by atoms with Crippen LogP contribution in [-0.4, -0.2) is 18.1 Å². The number of hydrogen-bond donors (Lipinski definition) is 1. The Morgan fingerprint density at radius 1 is 1.46 bits per heavy atom. The fraction of sp³-hybridized carbons (Fsp3) is 0.625. The molecule has 0 aromatic carbocycles. The molecule has 0 bridgehead atoms. The number of alkyl halides is 3. The van der Waals surface area contributed by atoms with E-state index in [-0.39, 0.29) is 6.04 Å². The number of carbonyl (C=O) groups is 1. The molecule has 2 nitrogen and oxygen atoms in total. The molecular formula is C8H10F3NO. The van der Waals surface area contributed by atoms with E-state index in [0.29, 0.717) is 6.08 Å². The SMILES string of the molecule is C/C(=C\C(=O)NC1CC1)C(F)(F)F. The average Bonchev–Trinajstić information content (AvgIpc) is 2.68. The van der Waals surface area contributed by atoms with Crippen LogP contribution in [-0.2, 0) is 4.79 Å². The number of amides is 1. The Balaban J connectivity index is 2.47. The molecule has 0 heterocycles. The minimum absolute atomic E-state index is 0.0878. The van der Waals surface area contributed by atoms with Gasteiger partial charge < -0.3 is 5.32 Å². The lowest BCUT2D eigenvalue weighted by Gasteiger charge is -2.05. The highest BCUT2D eigenvalue weighted by Crippen LogP contribution is 2.25. The zero-order chi connectivity index (χ0) is 10.1. The second-order valence-corrected chi connectivity index (χ2v) is 3.11. The first-order valence-electron chi connectivity index (χ1n) is 3.95. The smallest absolute Gasteiger partial charge is 0.350 e. The van der Waals surface area contributed by atoms with Crippen LogP contribution in [0.4, 0.5) is 13.2 Å². The number of halogens is 3. The molecule has 1 amide bonds. The van der Waals surface area contributed by atoms with Gasteiger partial charge in [0, 0.05) is 17.7 Å². The van der Waals surface area contributed by atoms with Crippen molar-refractivity contribution < 1.29 is 18.0 Å². The van der Waals surface area contributed by atoms with Crippen LogP contribution in [0.15, 0.2) is 11.6 Å². The maximum Gasteiger partial charge on any atom is 0.412 e. The highest BCUT2D eigenvalue weighted by molar-refractivity contribution is 5.88. The summed E-state index contributed by atoms with van der Waals surface area (Å²) in [6.45, 7) is 0.881. The van der Waals surface area contributed by atoms with Crippen LogP contribution in [0.25, 0.3) is 0 Å². The summed E-state index contributed by atoms with van der Waals surface area (Å²) in [5.74, 6) is -0.655. The molecule has 1 fully saturated rings. The first-order valence-corrected chi connectivity index (χ1v) is 3.95. The summed E-state index contributed by atoms with van der Waals surface area (Å²) in [6, 6.07) is 0.0878. The van der Waals surface area contributed by atoms with E-state index in [1.54, 1.807) is 0 Å². The predicted octanol–water partition coefficient (Wildman–Crippen LogP) is 1.77. The number of nitrogens with one attached hydrogen (secondary N) is 1. The summed E-state index contributed by atoms with van der Waals surface area (Å²) in [4.78, 5) is 10.9. The number of rotatable bonds is 2. The third kappa shape index (κ3) is 3.48. The summed E-state index contributed by atoms with van der Waals surface area (Å²) >= 11 is 0. The van der Waals surface area contributed by atoms with Gasteiger partial charge in [-0.2, -0.15) is 13.2 Å². The summed E-state index contributed by atoms with van der Waals surface area (Å²) in [7, 11) is 0. The molecule has 1 aliphatic carbocycles. The number of carbonyl (C=O) groups excluding carboxylic acids is 1. The Kier molecular flexibility index (Phi) is 2.63. The Labute approximate surface area is 73.8 Å². The molecule has 74 valence electrons. The van der Waals surface area contributed by atoms with E-state index in [9.17, 15) is 18.0 Å². The normalized spacial score (nSPS) is 18.6. The fourth-order valence-electron chi connectivity index (χ4n) is 0.749. The van der Waals surface area contributed by atoms with Gasteiger partial charge in [0.25, 0.3) is 0 Å². The summed E-state index contributed by atoms with van der Waals surface area (Å²) in [5.41, 5.74) is -0.870. The van der Waals surface area contributed by atoms with Gasteiger partial charge in [-0.25, -0.2) is 0 Å². The molecule has 13 heavy (non-hydrogen) atoms. The fourth-order valence-corrected chi connectivity index (χ4v) is 0.749. The maximum absolute atomic E-state index is 11.9. The Hall–Kier alpha value is -1.00. The topological polar surface area (TPSA) is 29.1 Å². The van der Waals surface area contributed by atoms with Crippen LogP contribution >= 0.6 is 0 Å². The highest BCUT2D eigenvalue weighted by Gasteiger charge is 2.31. The van der Waals surface area contributed by atoms with Gasteiger partial charge >= 0.3 is 6.18 Å². The Morgan fingerprint density at radius 3 is 2.38 bits per heavy atom. The van der Waals surface area contributed by atoms with Crippen molar-refractivity contribution in [1.82, 2.24) is 5.32 Å². The van der Waals surface area contributed by atoms with Crippen molar-refractivity contribution in [2.24, 2.45) is 0 Å². The van der Waals surface area contributed by atoms with E-state index in [4.69, 9.17) is 0 Å². The van der Waals surface area contributed by atoms with E-state index in [0.717, 1.165) is 19.8 Å². The second-order valence-electron chi connectivity index (χ2n) is 3.11. The Bertz CT molecular complexity index is 240. The quantitative estimate of drug-likeness (QED) is 0.665. The third-order valence-corrected chi connectivity index (χ3v) is 1.72. The third-order valence-electron chi connectivity index (χ3n) is 1.72. The molecule has 1 rings (SSSR count). The van der Waals surface area contributed by atoms with Crippen LogP contribution in [0.2, 0.25) is 0 Å². The summed E-state index contributed by atoms with van der Waals surface area (Å²) in [6.07, 6.45) is -2.07. The first-order chi connectivity index (χ1) is 5.89. The molecule has 1 saturated carbocycles. The lowest BCUT2D eigenvalue weighted by Crippen LogP contribution is -2.24. The number of hydrogen-bond acceptors (Lipinski definition) is 1. The van der Waals surface area contributed by atoms with Crippen LogP contribution in [0.1, 0.15) is 19.8 Å². The van der Waals surface area contributed by atoms with E-state index in [2.05, 4.69) is 5.32 Å². The first kappa shape index (κ1) is 10.1. The van der Waals surface area contributed by atoms with Gasteiger partial charge in [-0.3, -0.25) is 4.79 Å². The van der Waals surface area contributed by atoms with Gasteiger partial charge in [0.2, 0.25) is 5.91 Å². The molecule has 1 N–H and O–H groups in total. The number of allylic oxidation sites excluding steroid dienone is 1. The molecule has 0 atom stereocenters. The van der Waals surface area contributed by atoms with Crippen molar-refractivity contribution in [1.29, 1.82) is 0 Å². The van der Waals surface area contributed by atoms with Gasteiger partial charge in [0.05, 0.1) is 0 Å². The van der Waals surface area contributed by atoms with Crippen LogP contribution in [0, 0.1) is 0 Å². The van der Waals surface area contributed by atoms with Gasteiger partial charge in [0.1, 0.15) is 0 Å². The lowest BCUT2D eigenvalue weighted by molar-refractivity contribution is -0.118. The minimum Gasteiger partial charge on any atom is -0.350 e. The molecule has 5 heteroatoms. The van der Waals surface area contributed by atoms with Crippen LogP contribution in [0.5, 0.6) is 0 Å². The van der Waals surface area contributed by atoms with Gasteiger partial charge in [-0.1, -0.05) is 0 Å². The van der Waals surface area contributed by atoms with Crippen LogP contribution in [0.3, 0.4) is 0 Å². The molecule has 0 aliphatic heterocycles. The van der Waals surface area contributed by atoms with Crippen molar-refractivity contribution in [2.75, 3.05) is 0 Å². The summed E-state index contributed by atoms with van der Waals surface area (Å²) in [5, 5.41) is 2.44. The van der Waals surface area contributed by atoms with Gasteiger partial charge in [-0.05, 0) is 19.8 Å². The Morgan fingerprint density at radius 2 is 2.00 bits per heavy atom. The summed E-state index contributed by atoms with van der Waals surface area (Å²) < 4.78 is 35.7. The predicted molar refractivity (Wildman–Crippen MR) is 41.0 cm³/mol. The monoisotopic (exact) mass is 193 g/mol. The zero-order valence-electron chi connectivity index (χ0n) is 7.11. The zero-order valence-corrected chi connectivity index (χ0v) is 7.11. The van der Waals surface area contributed by atoms with E-state index in [1.165, 1.54) is 0 Å². The van der Waals surface area contributed by atoms with Crippen molar-refractivity contribution in [2.45, 2.75) is 32.0 Å². The van der Waals surface area contributed by atoms with E-state index in [1.807, 2.05) is 0 Å². The van der Waals surface area contributed by atoms with E-state index >= 15 is 0 Å². The largest absolute Gasteiger partial charge is 0.412 e. The van der Waals surface area contributed by atoms with Crippen molar-refractivity contribution in [3.8, 4) is 0 Å². The molecule has 0 unspecified atom stereocenters. The van der Waals surface area contributed by atoms with E-state index < -0.39 is 17.7 Å². The molecule has 0 aromatic rings. The molecule has 0 saturated heterocycles. The van der Waals surface area contributed by atoms with Crippen molar-refractivity contribution >= 4 is 5.91 Å².